The number of hydrogen-bond donors (Lipinski definition) is 6. The summed E-state index contributed by atoms with van der Waals surface area (Å²) in [5.74, 6) is -1.30. The van der Waals surface area contributed by atoms with Crippen molar-refractivity contribution >= 4 is 17.9 Å². The van der Waals surface area contributed by atoms with Gasteiger partial charge in [-0.2, -0.15) is 0 Å². The Bertz CT molecular complexity index is 308. The summed E-state index contributed by atoms with van der Waals surface area (Å²) >= 11 is 0. The number of aliphatic carboxylic acids is 2. The minimum atomic E-state index is -1.00. The molecule has 0 heterocycles. The number of carboxylic acids is 2. The SMILES string of the molecule is CC(C)CCC(=O)O.N=C(N)NCCC[C@H](N)C(=O)O. The van der Waals surface area contributed by atoms with Crippen molar-refractivity contribution in [1.82, 2.24) is 5.32 Å². The van der Waals surface area contributed by atoms with E-state index in [1.54, 1.807) is 0 Å². The minimum Gasteiger partial charge on any atom is -0.481 e. The van der Waals surface area contributed by atoms with Gasteiger partial charge in [0.2, 0.25) is 0 Å². The van der Waals surface area contributed by atoms with E-state index in [4.69, 9.17) is 27.1 Å². The summed E-state index contributed by atoms with van der Waals surface area (Å²) in [6.07, 6.45) is 2.07. The smallest absolute Gasteiger partial charge is 0.320 e. The molecule has 118 valence electrons. The molecule has 0 fully saturated rings. The maximum absolute atomic E-state index is 10.2. The lowest BCUT2D eigenvalue weighted by Gasteiger charge is -2.06. The van der Waals surface area contributed by atoms with Gasteiger partial charge in [-0.1, -0.05) is 13.8 Å². The number of nitrogens with one attached hydrogen (secondary N) is 2. The number of guanidine groups is 1. The van der Waals surface area contributed by atoms with E-state index in [2.05, 4.69) is 5.32 Å². The van der Waals surface area contributed by atoms with Crippen molar-refractivity contribution in [3.05, 3.63) is 0 Å². The van der Waals surface area contributed by atoms with E-state index in [9.17, 15) is 9.59 Å². The van der Waals surface area contributed by atoms with Crippen molar-refractivity contribution in [3.8, 4) is 0 Å². The van der Waals surface area contributed by atoms with Crippen LogP contribution >= 0.6 is 0 Å². The Kier molecular flexibility index (Phi) is 12.5. The first-order valence-electron chi connectivity index (χ1n) is 6.44. The minimum absolute atomic E-state index is 0.112. The van der Waals surface area contributed by atoms with Crippen LogP contribution in [0.1, 0.15) is 39.5 Å². The highest BCUT2D eigenvalue weighted by Crippen LogP contribution is 2.01. The largest absolute Gasteiger partial charge is 0.481 e. The second kappa shape index (κ2) is 12.2. The Labute approximate surface area is 119 Å². The van der Waals surface area contributed by atoms with E-state index in [-0.39, 0.29) is 5.96 Å². The van der Waals surface area contributed by atoms with Crippen LogP contribution in [0.4, 0.5) is 0 Å². The highest BCUT2D eigenvalue weighted by atomic mass is 16.4. The average Bonchev–Trinajstić information content (AvgIpc) is 2.32. The molecule has 0 unspecified atom stereocenters. The first-order chi connectivity index (χ1) is 9.16. The second-order valence-corrected chi connectivity index (χ2v) is 4.75. The fourth-order valence-electron chi connectivity index (χ4n) is 1.08. The molecule has 0 rings (SSSR count). The van der Waals surface area contributed by atoms with Crippen LogP contribution in [0.25, 0.3) is 0 Å². The molecule has 8 heteroatoms. The van der Waals surface area contributed by atoms with E-state index >= 15 is 0 Å². The molecular formula is C12H26N4O4. The van der Waals surface area contributed by atoms with Gasteiger partial charge in [-0.3, -0.25) is 15.0 Å². The molecule has 0 aromatic carbocycles. The molecule has 20 heavy (non-hydrogen) atoms. The van der Waals surface area contributed by atoms with E-state index < -0.39 is 18.0 Å². The van der Waals surface area contributed by atoms with Crippen LogP contribution in [0.15, 0.2) is 0 Å². The van der Waals surface area contributed by atoms with Gasteiger partial charge in [0.05, 0.1) is 0 Å². The van der Waals surface area contributed by atoms with Crippen LogP contribution in [-0.2, 0) is 9.59 Å². The summed E-state index contributed by atoms with van der Waals surface area (Å²) in [4.78, 5) is 20.1. The number of carbonyl (C=O) groups is 2. The fourth-order valence-corrected chi connectivity index (χ4v) is 1.08. The van der Waals surface area contributed by atoms with Gasteiger partial charge in [-0.25, -0.2) is 0 Å². The Morgan fingerprint density at radius 1 is 1.25 bits per heavy atom. The molecule has 0 amide bonds. The predicted molar refractivity (Wildman–Crippen MR) is 76.5 cm³/mol. The summed E-state index contributed by atoms with van der Waals surface area (Å²) in [5, 5.41) is 25.9. The van der Waals surface area contributed by atoms with Crippen molar-refractivity contribution in [2.45, 2.75) is 45.6 Å². The van der Waals surface area contributed by atoms with Crippen molar-refractivity contribution in [2.75, 3.05) is 6.54 Å². The number of carboxylic acid groups (broad SMARTS) is 2. The van der Waals surface area contributed by atoms with Gasteiger partial charge in [-0.05, 0) is 25.2 Å². The zero-order valence-corrected chi connectivity index (χ0v) is 12.1. The van der Waals surface area contributed by atoms with Crippen molar-refractivity contribution in [3.63, 3.8) is 0 Å². The Morgan fingerprint density at radius 3 is 2.10 bits per heavy atom. The van der Waals surface area contributed by atoms with Crippen LogP contribution in [0.5, 0.6) is 0 Å². The van der Waals surface area contributed by atoms with Crippen LogP contribution in [0.2, 0.25) is 0 Å². The zero-order chi connectivity index (χ0) is 16.1. The Hall–Kier alpha value is -1.83. The van der Waals surface area contributed by atoms with Crippen molar-refractivity contribution in [2.24, 2.45) is 17.4 Å². The van der Waals surface area contributed by atoms with Gasteiger partial charge in [0.25, 0.3) is 0 Å². The first-order valence-corrected chi connectivity index (χ1v) is 6.44. The van der Waals surface area contributed by atoms with Gasteiger partial charge in [0.1, 0.15) is 6.04 Å². The molecule has 0 aliphatic rings. The number of nitrogens with two attached hydrogens (primary N) is 2. The molecule has 0 radical (unpaired) electrons. The topological polar surface area (TPSA) is 163 Å². The van der Waals surface area contributed by atoms with Gasteiger partial charge < -0.3 is 27.0 Å². The third kappa shape index (κ3) is 18.5. The quantitative estimate of drug-likeness (QED) is 0.211. The number of rotatable bonds is 8. The normalized spacial score (nSPS) is 11.2. The fraction of sp³-hybridized carbons (Fsp3) is 0.750. The lowest BCUT2D eigenvalue weighted by molar-refractivity contribution is -0.139. The van der Waals surface area contributed by atoms with Crippen molar-refractivity contribution in [1.29, 1.82) is 5.41 Å². The average molecular weight is 290 g/mol. The van der Waals surface area contributed by atoms with Crippen LogP contribution in [0, 0.1) is 11.3 Å². The third-order valence-corrected chi connectivity index (χ3v) is 2.26. The highest BCUT2D eigenvalue weighted by Gasteiger charge is 2.09. The standard InChI is InChI=1S/C6H14N4O2.C6H12O2/c7-4(5(11)12)2-1-3-10-6(8)9;1-5(2)3-4-6(7)8/h4H,1-3,7H2,(H,11,12)(H4,8,9,10);5H,3-4H2,1-2H3,(H,7,8)/t4-;/m0./s1. The molecule has 8 nitrogen and oxygen atoms in total. The van der Waals surface area contributed by atoms with Crippen molar-refractivity contribution < 1.29 is 19.8 Å². The monoisotopic (exact) mass is 290 g/mol. The van der Waals surface area contributed by atoms with Gasteiger partial charge in [0.15, 0.2) is 5.96 Å². The molecule has 0 aliphatic carbocycles. The van der Waals surface area contributed by atoms with E-state index in [1.165, 1.54) is 0 Å². The molecule has 0 aromatic rings. The lowest BCUT2D eigenvalue weighted by atomic mass is 10.1. The highest BCUT2D eigenvalue weighted by molar-refractivity contribution is 5.74. The lowest BCUT2D eigenvalue weighted by Crippen LogP contribution is -2.34. The maximum atomic E-state index is 10.2. The summed E-state index contributed by atoms with van der Waals surface area (Å²) in [5.41, 5.74) is 10.2. The summed E-state index contributed by atoms with van der Waals surface area (Å²) in [7, 11) is 0. The zero-order valence-electron chi connectivity index (χ0n) is 12.1. The molecule has 0 spiro atoms. The van der Waals surface area contributed by atoms with Gasteiger partial charge in [-0.15, -0.1) is 0 Å². The molecule has 8 N–H and O–H groups in total. The molecule has 0 aliphatic heterocycles. The van der Waals surface area contributed by atoms with Gasteiger partial charge in [0, 0.05) is 13.0 Å². The third-order valence-electron chi connectivity index (χ3n) is 2.26. The molecule has 0 saturated carbocycles. The van der Waals surface area contributed by atoms with Gasteiger partial charge >= 0.3 is 11.9 Å². The molecule has 1 atom stereocenters. The first kappa shape index (κ1) is 20.5. The van der Waals surface area contributed by atoms with Crippen LogP contribution < -0.4 is 16.8 Å². The summed E-state index contributed by atoms with van der Waals surface area (Å²) in [6, 6.07) is -0.821. The molecule has 0 saturated heterocycles. The van der Waals surface area contributed by atoms with Crippen LogP contribution in [-0.4, -0.2) is 40.7 Å². The van der Waals surface area contributed by atoms with E-state index in [0.29, 0.717) is 31.7 Å². The van der Waals surface area contributed by atoms with E-state index in [1.807, 2.05) is 13.8 Å². The molecule has 0 aromatic heterocycles. The maximum Gasteiger partial charge on any atom is 0.320 e. The van der Waals surface area contributed by atoms with Crippen LogP contribution in [0.3, 0.4) is 0 Å². The Balaban J connectivity index is 0. The van der Waals surface area contributed by atoms with E-state index in [0.717, 1.165) is 6.42 Å². The molecular weight excluding hydrogens is 264 g/mol. The summed E-state index contributed by atoms with van der Waals surface area (Å²) in [6.45, 7) is 4.52. The number of hydrogen-bond acceptors (Lipinski definition) is 4. The Morgan fingerprint density at radius 2 is 1.80 bits per heavy atom. The predicted octanol–water partition coefficient (Wildman–Crippen LogP) is 0.169. The second-order valence-electron chi connectivity index (χ2n) is 4.75. The molecule has 0 bridgehead atoms. The summed E-state index contributed by atoms with van der Waals surface area (Å²) < 4.78 is 0.